The molecule has 0 atom stereocenters. The number of aromatic nitrogens is 3. The second kappa shape index (κ2) is 15.5. The molecule has 0 fully saturated rings. The Kier molecular flexibility index (Phi) is 9.61. The first-order chi connectivity index (χ1) is 31.1. The van der Waals surface area contributed by atoms with Crippen LogP contribution in [-0.2, 0) is 0 Å². The molecule has 2 aromatic heterocycles. The van der Waals surface area contributed by atoms with Crippen LogP contribution in [0.3, 0.4) is 0 Å². The van der Waals surface area contributed by atoms with Crippen molar-refractivity contribution >= 4 is 137 Å². The van der Waals surface area contributed by atoms with Crippen LogP contribution in [0.4, 0.5) is 0 Å². The zero-order chi connectivity index (χ0) is 43.8. The molecule has 0 bridgehead atoms. The summed E-state index contributed by atoms with van der Waals surface area (Å²) in [4.78, 5) is 15.1. The number of furan rings is 1. The molecule has 0 spiro atoms. The van der Waals surface area contributed by atoms with E-state index in [-0.39, 0.29) is 0 Å². The standard InChI is InChI=1S/C53H40B7N3O/c54-42-39(43(55)47(59)49-40(42)41-44(56)45(57)46(58)48(60)50(41)64-49)38-26-34(24-31-21-22-32(25-37(31)38)36-20-10-16-27-11-7-8-19-35(27)36)30-17-9-18-33(23-30)53-62-51(28-12-3-1-4-13-28)61-52(63-53)29-14-5-2-6-15-29/h1-26H,54-60H2. The van der Waals surface area contributed by atoms with Gasteiger partial charge in [-0.1, -0.05) is 166 Å². The number of fused-ring (bicyclic) bond motifs is 5. The normalized spacial score (nSPS) is 11.6. The SMILES string of the molecule is Bc1c(B)c(B)c2c(oc3c(B)c(B)c(-c4cc(-c5cccc(-c6nc(-c7ccccc7)nc(-c7ccccc7)n6)c5)cc5ccc(-c6cccc7ccccc67)cc45)c(B)c32)c1B. The highest BCUT2D eigenvalue weighted by molar-refractivity contribution is 6.69. The maximum Gasteiger partial charge on any atom is 0.164 e. The summed E-state index contributed by atoms with van der Waals surface area (Å²) < 4.78 is 6.89. The van der Waals surface area contributed by atoms with Crippen LogP contribution in [0, 0.1) is 0 Å². The lowest BCUT2D eigenvalue weighted by Crippen LogP contribution is -2.47. The number of benzene rings is 9. The van der Waals surface area contributed by atoms with Crippen molar-refractivity contribution in [2.24, 2.45) is 0 Å². The first-order valence-electron chi connectivity index (χ1n) is 22.1. The van der Waals surface area contributed by atoms with Crippen molar-refractivity contribution in [3.8, 4) is 67.5 Å². The van der Waals surface area contributed by atoms with Crippen molar-refractivity contribution < 1.29 is 4.42 Å². The van der Waals surface area contributed by atoms with Crippen LogP contribution in [0.25, 0.3) is 111 Å². The van der Waals surface area contributed by atoms with Crippen LogP contribution in [0.5, 0.6) is 0 Å². The van der Waals surface area contributed by atoms with E-state index in [1.165, 1.54) is 92.8 Å². The zero-order valence-corrected chi connectivity index (χ0v) is 37.3. The van der Waals surface area contributed by atoms with Gasteiger partial charge in [0.25, 0.3) is 0 Å². The fourth-order valence-corrected chi connectivity index (χ4v) is 9.91. The molecule has 64 heavy (non-hydrogen) atoms. The summed E-state index contributed by atoms with van der Waals surface area (Å²) in [6, 6.07) is 56.0. The topological polar surface area (TPSA) is 51.8 Å². The number of rotatable bonds is 6. The summed E-state index contributed by atoms with van der Waals surface area (Å²) in [7, 11) is 15.7. The summed E-state index contributed by atoms with van der Waals surface area (Å²) >= 11 is 0. The van der Waals surface area contributed by atoms with Crippen LogP contribution in [0.15, 0.2) is 162 Å². The van der Waals surface area contributed by atoms with Gasteiger partial charge in [0, 0.05) is 27.5 Å². The predicted octanol–water partition coefficient (Wildman–Crippen LogP) is 1.89. The lowest BCUT2D eigenvalue weighted by Gasteiger charge is -2.20. The monoisotopic (exact) mass is 811 g/mol. The summed E-state index contributed by atoms with van der Waals surface area (Å²) in [6.45, 7) is 0. The van der Waals surface area contributed by atoms with Gasteiger partial charge in [0.15, 0.2) is 17.5 Å². The minimum absolute atomic E-state index is 0.631. The fourth-order valence-electron chi connectivity index (χ4n) is 9.91. The fraction of sp³-hybridized carbons (Fsp3) is 0. The summed E-state index contributed by atoms with van der Waals surface area (Å²) in [5, 5.41) is 7.29. The molecule has 0 unspecified atom stereocenters. The van der Waals surface area contributed by atoms with E-state index in [0.29, 0.717) is 17.5 Å². The molecule has 0 saturated carbocycles. The van der Waals surface area contributed by atoms with Gasteiger partial charge >= 0.3 is 0 Å². The van der Waals surface area contributed by atoms with Crippen molar-refractivity contribution in [2.75, 3.05) is 0 Å². The average molecular weight is 811 g/mol. The Hall–Kier alpha value is -7.24. The van der Waals surface area contributed by atoms with Crippen LogP contribution >= 0.6 is 0 Å². The first kappa shape index (κ1) is 39.6. The Morgan fingerprint density at radius 2 is 0.859 bits per heavy atom. The molecule has 11 rings (SSSR count). The largest absolute Gasteiger partial charge is 0.457 e. The van der Waals surface area contributed by atoms with Gasteiger partial charge < -0.3 is 4.42 Å². The molecule has 11 heteroatoms. The van der Waals surface area contributed by atoms with E-state index in [4.69, 9.17) is 19.4 Å². The number of hydrogen-bond acceptors (Lipinski definition) is 4. The van der Waals surface area contributed by atoms with E-state index < -0.39 is 0 Å². The van der Waals surface area contributed by atoms with E-state index >= 15 is 0 Å². The predicted molar refractivity (Wildman–Crippen MR) is 292 cm³/mol. The highest BCUT2D eigenvalue weighted by atomic mass is 16.3. The third-order valence-electron chi connectivity index (χ3n) is 13.8. The van der Waals surface area contributed by atoms with Gasteiger partial charge in [-0.3, -0.25) is 0 Å². The molecule has 11 aromatic rings. The third-order valence-corrected chi connectivity index (χ3v) is 13.8. The number of nitrogens with zero attached hydrogens (tertiary/aromatic N) is 3. The van der Waals surface area contributed by atoms with Crippen molar-refractivity contribution in [1.82, 2.24) is 15.0 Å². The maximum atomic E-state index is 6.89. The van der Waals surface area contributed by atoms with Gasteiger partial charge in [-0.15, -0.1) is 5.46 Å². The Morgan fingerprint density at radius 3 is 1.56 bits per heavy atom. The summed E-state index contributed by atoms with van der Waals surface area (Å²) in [6.07, 6.45) is 0. The van der Waals surface area contributed by atoms with Gasteiger partial charge in [-0.2, -0.15) is 0 Å². The second-order valence-electron chi connectivity index (χ2n) is 17.4. The van der Waals surface area contributed by atoms with Gasteiger partial charge in [0.05, 0.1) is 0 Å². The highest BCUT2D eigenvalue weighted by Crippen LogP contribution is 2.39. The van der Waals surface area contributed by atoms with Gasteiger partial charge in [-0.05, 0) is 79.2 Å². The minimum Gasteiger partial charge on any atom is -0.457 e. The first-order valence-corrected chi connectivity index (χ1v) is 22.1. The molecular weight excluding hydrogens is 770 g/mol. The molecule has 0 aliphatic carbocycles. The van der Waals surface area contributed by atoms with Gasteiger partial charge in [0.1, 0.15) is 66.1 Å². The Balaban J connectivity index is 1.16. The van der Waals surface area contributed by atoms with Gasteiger partial charge in [0.2, 0.25) is 0 Å². The zero-order valence-electron chi connectivity index (χ0n) is 37.3. The quantitative estimate of drug-likeness (QED) is 0.241. The van der Waals surface area contributed by atoms with E-state index in [9.17, 15) is 0 Å². The molecular formula is C53H40B7N3O. The maximum absolute atomic E-state index is 6.89. The van der Waals surface area contributed by atoms with Crippen LogP contribution in [0.2, 0.25) is 0 Å². The van der Waals surface area contributed by atoms with Gasteiger partial charge in [-0.25, -0.2) is 15.0 Å². The Labute approximate surface area is 379 Å². The summed E-state index contributed by atoms with van der Waals surface area (Å²) in [5.41, 5.74) is 20.6. The molecule has 0 amide bonds. The smallest absolute Gasteiger partial charge is 0.164 e. The van der Waals surface area contributed by atoms with Crippen molar-refractivity contribution in [3.63, 3.8) is 0 Å². The van der Waals surface area contributed by atoms with E-state index in [1.54, 1.807) is 0 Å². The third kappa shape index (κ3) is 6.44. The van der Waals surface area contributed by atoms with E-state index in [1.807, 2.05) is 60.7 Å². The van der Waals surface area contributed by atoms with Crippen molar-refractivity contribution in [3.05, 3.63) is 158 Å². The molecule has 0 N–H and O–H groups in total. The molecule has 0 saturated heterocycles. The van der Waals surface area contributed by atoms with E-state index in [0.717, 1.165) is 39.0 Å². The van der Waals surface area contributed by atoms with E-state index in [2.05, 4.69) is 152 Å². The van der Waals surface area contributed by atoms with Crippen LogP contribution in [0.1, 0.15) is 0 Å². The molecule has 0 radical (unpaired) electrons. The molecule has 0 aliphatic heterocycles. The molecule has 294 valence electrons. The molecule has 2 heterocycles. The lowest BCUT2D eigenvalue weighted by atomic mass is 9.64. The lowest BCUT2D eigenvalue weighted by molar-refractivity contribution is 0.675. The average Bonchev–Trinajstić information content (AvgIpc) is 3.76. The Bertz CT molecular complexity index is 3640. The van der Waals surface area contributed by atoms with Crippen molar-refractivity contribution in [2.45, 2.75) is 0 Å². The molecule has 0 aliphatic rings. The van der Waals surface area contributed by atoms with Crippen LogP contribution < -0.4 is 38.2 Å². The van der Waals surface area contributed by atoms with Crippen molar-refractivity contribution in [1.29, 1.82) is 0 Å². The second-order valence-corrected chi connectivity index (χ2v) is 17.4. The molecule has 4 nitrogen and oxygen atoms in total. The Morgan fingerprint density at radius 1 is 0.312 bits per heavy atom. The molecule has 9 aromatic carbocycles. The number of hydrogen-bond donors (Lipinski definition) is 0. The highest BCUT2D eigenvalue weighted by Gasteiger charge is 2.24. The van der Waals surface area contributed by atoms with Crippen LogP contribution in [-0.4, -0.2) is 69.9 Å². The minimum atomic E-state index is 0.631. The summed E-state index contributed by atoms with van der Waals surface area (Å²) in [5.74, 6) is 1.92.